The van der Waals surface area contributed by atoms with E-state index in [1.165, 1.54) is 0 Å². The molecule has 0 aliphatic rings. The number of aliphatic carboxylic acids is 1. The van der Waals surface area contributed by atoms with E-state index in [1.807, 2.05) is 0 Å². The number of carbonyl (C=O) groups excluding carboxylic acids is 1. The minimum absolute atomic E-state index is 0.513. The zero-order chi connectivity index (χ0) is 10.1. The van der Waals surface area contributed by atoms with Gasteiger partial charge in [-0.2, -0.15) is 0 Å². The van der Waals surface area contributed by atoms with Gasteiger partial charge in [0.25, 0.3) is 0 Å². The van der Waals surface area contributed by atoms with E-state index in [9.17, 15) is 9.59 Å². The Morgan fingerprint density at radius 1 is 1.54 bits per heavy atom. The Labute approximate surface area is 79.5 Å². The topological polar surface area (TPSA) is 78.4 Å². The second-order valence-corrected chi connectivity index (χ2v) is 2.96. The lowest BCUT2D eigenvalue weighted by Crippen LogP contribution is -2.30. The van der Waals surface area contributed by atoms with Crippen molar-refractivity contribution < 1.29 is 14.7 Å². The third-order valence-corrected chi connectivity index (χ3v) is 2.05. The molecular weight excluding hydrogens is 191 g/mol. The average molecular weight is 206 g/mol. The number of hydrogen-bond acceptors (Lipinski definition) is 3. The van der Waals surface area contributed by atoms with E-state index in [2.05, 4.69) is 19.8 Å². The molecule has 0 saturated heterocycles. The monoisotopic (exact) mass is 206 g/mol. The molecule has 0 aliphatic carbocycles. The van der Waals surface area contributed by atoms with Gasteiger partial charge in [0.1, 0.15) is 6.04 Å². The third-order valence-electron chi connectivity index (χ3n) is 1.65. The fraction of sp³-hybridized carbons (Fsp3) is 0.714. The number of rotatable bonds is 8. The lowest BCUT2D eigenvalue weighted by Gasteiger charge is -2.09. The molecule has 0 aromatic carbocycles. The van der Waals surface area contributed by atoms with Crippen molar-refractivity contribution in [2.24, 2.45) is 0 Å². The number of nitrogens with one attached hydrogen (secondary N) is 2. The van der Waals surface area contributed by atoms with Crippen LogP contribution in [0.5, 0.6) is 0 Å². The molecular formula is C7H15N2O3P. The normalized spacial score (nSPS) is 12.1. The highest BCUT2D eigenvalue weighted by Gasteiger charge is 2.13. The summed E-state index contributed by atoms with van der Waals surface area (Å²) in [7, 11) is 2.19. The van der Waals surface area contributed by atoms with Crippen LogP contribution in [0.2, 0.25) is 0 Å². The van der Waals surface area contributed by atoms with Crippen molar-refractivity contribution in [3.8, 4) is 0 Å². The molecule has 0 heterocycles. The molecule has 0 aromatic heterocycles. The van der Waals surface area contributed by atoms with Crippen LogP contribution in [-0.2, 0) is 9.59 Å². The van der Waals surface area contributed by atoms with Gasteiger partial charge in [0.2, 0.25) is 6.41 Å². The second-order valence-electron chi connectivity index (χ2n) is 2.63. The summed E-state index contributed by atoms with van der Waals surface area (Å²) in [5.74, 6) is -0.849. The van der Waals surface area contributed by atoms with Crippen LogP contribution in [0.3, 0.4) is 0 Å². The summed E-state index contributed by atoms with van der Waals surface area (Å²) in [5.41, 5.74) is 0. The molecule has 5 nitrogen and oxygen atoms in total. The van der Waals surface area contributed by atoms with Crippen LogP contribution in [-0.4, -0.2) is 30.1 Å². The Hall–Kier alpha value is -0.670. The highest BCUT2D eigenvalue weighted by atomic mass is 31.0. The Morgan fingerprint density at radius 2 is 2.23 bits per heavy atom. The molecule has 0 rings (SSSR count). The van der Waals surface area contributed by atoms with Gasteiger partial charge in [0.15, 0.2) is 0 Å². The highest BCUT2D eigenvalue weighted by Crippen LogP contribution is 2.01. The summed E-state index contributed by atoms with van der Waals surface area (Å²) in [6.45, 7) is 0.604. The Kier molecular flexibility index (Phi) is 7.54. The predicted molar refractivity (Wildman–Crippen MR) is 52.2 cm³/mol. The molecule has 0 aliphatic heterocycles. The molecule has 6 heteroatoms. The fourth-order valence-electron chi connectivity index (χ4n) is 0.913. The minimum atomic E-state index is -0.849. The molecule has 76 valence electrons. The first kappa shape index (κ1) is 12.3. The molecule has 0 spiro atoms. The van der Waals surface area contributed by atoms with Gasteiger partial charge in [-0.15, -0.1) is 0 Å². The maximum absolute atomic E-state index is 10.5. The Morgan fingerprint density at radius 3 is 2.69 bits per heavy atom. The molecule has 1 unspecified atom stereocenters. The minimum Gasteiger partial charge on any atom is -0.480 e. The number of hydrogen-bond donors (Lipinski definition) is 3. The first-order valence-corrected chi connectivity index (χ1v) is 4.66. The maximum Gasteiger partial charge on any atom is 0.320 e. The fourth-order valence-corrected chi connectivity index (χ4v) is 1.22. The molecule has 2 atom stereocenters. The van der Waals surface area contributed by atoms with Crippen molar-refractivity contribution in [1.82, 2.24) is 10.4 Å². The van der Waals surface area contributed by atoms with Gasteiger partial charge in [0.05, 0.1) is 0 Å². The summed E-state index contributed by atoms with van der Waals surface area (Å²) in [5, 5.41) is 13.8. The van der Waals surface area contributed by atoms with E-state index in [4.69, 9.17) is 5.11 Å². The quantitative estimate of drug-likeness (QED) is 0.290. The predicted octanol–water partition coefficient (Wildman–Crippen LogP) is -0.264. The molecule has 1 amide bonds. The van der Waals surface area contributed by atoms with Gasteiger partial charge >= 0.3 is 5.97 Å². The number of carbonyl (C=O) groups is 2. The van der Waals surface area contributed by atoms with Crippen LogP contribution in [0, 0.1) is 0 Å². The van der Waals surface area contributed by atoms with E-state index in [-0.39, 0.29) is 0 Å². The molecule has 0 aromatic rings. The Balaban J connectivity index is 3.38. The summed E-state index contributed by atoms with van der Waals surface area (Å²) in [4.78, 5) is 20.3. The van der Waals surface area contributed by atoms with Crippen molar-refractivity contribution in [3.63, 3.8) is 0 Å². The van der Waals surface area contributed by atoms with Crippen LogP contribution in [0.15, 0.2) is 0 Å². The van der Waals surface area contributed by atoms with Gasteiger partial charge in [0, 0.05) is 6.54 Å². The molecule has 0 bridgehead atoms. The first-order valence-electron chi connectivity index (χ1n) is 4.08. The standard InChI is InChI=1S/C7H15N2O3P/c10-5-8-4-2-1-3-6(9-13)7(11)12/h5-6,9H,1-4,13H2,(H,8,10)(H,11,12)/t6-/m0/s1. The highest BCUT2D eigenvalue weighted by molar-refractivity contribution is 7.13. The van der Waals surface area contributed by atoms with Crippen LogP contribution in [0.25, 0.3) is 0 Å². The van der Waals surface area contributed by atoms with Crippen LogP contribution in [0.4, 0.5) is 0 Å². The Bertz CT molecular complexity index is 166. The van der Waals surface area contributed by atoms with Gasteiger partial charge in [-0.25, -0.2) is 0 Å². The number of unbranched alkanes of at least 4 members (excludes halogenated alkanes) is 1. The van der Waals surface area contributed by atoms with Crippen molar-refractivity contribution in [3.05, 3.63) is 0 Å². The van der Waals surface area contributed by atoms with E-state index in [0.717, 1.165) is 12.8 Å². The second kappa shape index (κ2) is 7.95. The lowest BCUT2D eigenvalue weighted by atomic mass is 10.1. The van der Waals surface area contributed by atoms with E-state index in [0.29, 0.717) is 19.4 Å². The van der Waals surface area contributed by atoms with Crippen molar-refractivity contribution in [2.75, 3.05) is 6.54 Å². The summed E-state index contributed by atoms with van der Waals surface area (Å²) >= 11 is 0. The zero-order valence-electron chi connectivity index (χ0n) is 7.32. The van der Waals surface area contributed by atoms with Crippen molar-refractivity contribution in [2.45, 2.75) is 25.3 Å². The van der Waals surface area contributed by atoms with Crippen LogP contribution in [0.1, 0.15) is 19.3 Å². The summed E-state index contributed by atoms with van der Waals surface area (Å²) in [6, 6.07) is -0.513. The van der Waals surface area contributed by atoms with Crippen molar-refractivity contribution in [1.29, 1.82) is 0 Å². The van der Waals surface area contributed by atoms with Crippen LogP contribution >= 0.6 is 9.39 Å². The van der Waals surface area contributed by atoms with Gasteiger partial charge in [-0.05, 0) is 19.3 Å². The van der Waals surface area contributed by atoms with Crippen LogP contribution < -0.4 is 10.4 Å². The number of amides is 1. The smallest absolute Gasteiger partial charge is 0.320 e. The molecule has 3 N–H and O–H groups in total. The number of carboxylic acid groups (broad SMARTS) is 1. The van der Waals surface area contributed by atoms with E-state index in [1.54, 1.807) is 0 Å². The zero-order valence-corrected chi connectivity index (χ0v) is 8.48. The summed E-state index contributed by atoms with van der Waals surface area (Å²) in [6.07, 6.45) is 2.79. The first-order chi connectivity index (χ1) is 6.22. The SMILES string of the molecule is O=CNCCCC[C@H](NP)C(=O)O. The molecule has 0 radical (unpaired) electrons. The lowest BCUT2D eigenvalue weighted by molar-refractivity contribution is -0.139. The number of carboxylic acids is 1. The van der Waals surface area contributed by atoms with Gasteiger partial charge in [-0.1, -0.05) is 9.39 Å². The van der Waals surface area contributed by atoms with E-state index >= 15 is 0 Å². The maximum atomic E-state index is 10.5. The van der Waals surface area contributed by atoms with E-state index < -0.39 is 12.0 Å². The van der Waals surface area contributed by atoms with Gasteiger partial charge < -0.3 is 10.4 Å². The average Bonchev–Trinajstić information content (AvgIpc) is 2.10. The molecule has 0 fully saturated rings. The van der Waals surface area contributed by atoms with Gasteiger partial charge in [-0.3, -0.25) is 14.7 Å². The molecule has 13 heavy (non-hydrogen) atoms. The third kappa shape index (κ3) is 6.49. The van der Waals surface area contributed by atoms with Crippen molar-refractivity contribution >= 4 is 21.8 Å². The molecule has 0 saturated carbocycles. The largest absolute Gasteiger partial charge is 0.480 e. The summed E-state index contributed by atoms with van der Waals surface area (Å²) < 4.78 is 0.